The number of aromatic nitrogens is 2. The molecule has 2 atom stereocenters. The van der Waals surface area contributed by atoms with E-state index in [9.17, 15) is 0 Å². The standard InChI is InChI=1S/C24H42N8.3ClH/c25-23(26)27-14-8-11-21-20(13-18-32(21)19-9-4-3-5-10-19)29-24-28-15-12-22(30-24)31-16-6-1-2-7-17-31;;;/h12,15,19-21H,1-11,13-14,16-18H2,(H4,25,26,27)(H,28,29,30);3*1H. The Morgan fingerprint density at radius 1 is 0.943 bits per heavy atom. The van der Waals surface area contributed by atoms with Crippen LogP contribution in [0.15, 0.2) is 17.3 Å². The van der Waals surface area contributed by atoms with Crippen LogP contribution < -0.4 is 21.7 Å². The number of anilines is 2. The van der Waals surface area contributed by atoms with Crippen molar-refractivity contribution in [3.8, 4) is 0 Å². The Kier molecular flexibility index (Phi) is 15.0. The first kappa shape index (κ1) is 31.8. The number of hydrogen-bond donors (Lipinski definition) is 3. The fourth-order valence-electron chi connectivity index (χ4n) is 5.85. The van der Waals surface area contributed by atoms with Crippen molar-refractivity contribution in [3.63, 3.8) is 0 Å². The maximum atomic E-state index is 5.53. The molecule has 0 radical (unpaired) electrons. The van der Waals surface area contributed by atoms with Gasteiger partial charge in [-0.25, -0.2) is 4.98 Å². The van der Waals surface area contributed by atoms with E-state index in [1.54, 1.807) is 0 Å². The number of rotatable bonds is 8. The summed E-state index contributed by atoms with van der Waals surface area (Å²) in [6.45, 7) is 4.05. The van der Waals surface area contributed by atoms with Crippen LogP contribution in [-0.2, 0) is 0 Å². The summed E-state index contributed by atoms with van der Waals surface area (Å²) in [5.74, 6) is 2.03. The van der Waals surface area contributed by atoms with E-state index in [0.717, 1.165) is 50.7 Å². The molecule has 0 aromatic carbocycles. The molecular formula is C24H45Cl3N8. The van der Waals surface area contributed by atoms with Crippen molar-refractivity contribution in [2.75, 3.05) is 36.4 Å². The second kappa shape index (κ2) is 16.5. The molecule has 1 aromatic rings. The summed E-state index contributed by atoms with van der Waals surface area (Å²) < 4.78 is 0. The molecule has 3 heterocycles. The lowest BCUT2D eigenvalue weighted by atomic mass is 9.92. The Morgan fingerprint density at radius 3 is 2.31 bits per heavy atom. The van der Waals surface area contributed by atoms with Gasteiger partial charge < -0.3 is 21.7 Å². The van der Waals surface area contributed by atoms with Crippen molar-refractivity contribution < 1.29 is 0 Å². The van der Waals surface area contributed by atoms with E-state index < -0.39 is 0 Å². The third kappa shape index (κ3) is 9.30. The van der Waals surface area contributed by atoms with Crippen LogP contribution in [-0.4, -0.2) is 65.1 Å². The zero-order chi connectivity index (χ0) is 22.2. The lowest BCUT2D eigenvalue weighted by Crippen LogP contribution is -2.45. The number of likely N-dealkylation sites (tertiary alicyclic amines) is 1. The van der Waals surface area contributed by atoms with Gasteiger partial charge in [-0.3, -0.25) is 9.89 Å². The average molecular weight is 552 g/mol. The van der Waals surface area contributed by atoms with Crippen molar-refractivity contribution in [3.05, 3.63) is 12.3 Å². The molecule has 2 saturated heterocycles. The molecule has 0 bridgehead atoms. The third-order valence-electron chi connectivity index (χ3n) is 7.47. The van der Waals surface area contributed by atoms with E-state index in [-0.39, 0.29) is 43.2 Å². The molecule has 1 saturated carbocycles. The number of guanidine groups is 1. The van der Waals surface area contributed by atoms with Gasteiger partial charge in [-0.1, -0.05) is 32.1 Å². The van der Waals surface area contributed by atoms with Crippen LogP contribution in [0.4, 0.5) is 11.8 Å². The summed E-state index contributed by atoms with van der Waals surface area (Å²) in [5.41, 5.74) is 11.1. The molecule has 5 N–H and O–H groups in total. The van der Waals surface area contributed by atoms with Crippen LogP contribution in [0.2, 0.25) is 0 Å². The number of nitrogens with two attached hydrogens (primary N) is 2. The topological polar surface area (TPSA) is 109 Å². The first-order valence-electron chi connectivity index (χ1n) is 12.9. The average Bonchev–Trinajstić information content (AvgIpc) is 3.01. The Labute approximate surface area is 229 Å². The maximum absolute atomic E-state index is 5.53. The summed E-state index contributed by atoms with van der Waals surface area (Å²) in [5, 5.41) is 3.73. The third-order valence-corrected chi connectivity index (χ3v) is 7.47. The Morgan fingerprint density at radius 2 is 1.63 bits per heavy atom. The normalized spacial score (nSPS) is 23.3. The number of nitrogens with zero attached hydrogens (tertiary/aromatic N) is 5. The Hall–Kier alpha value is -1.22. The van der Waals surface area contributed by atoms with Gasteiger partial charge in [0.15, 0.2) is 5.96 Å². The summed E-state index contributed by atoms with van der Waals surface area (Å²) in [4.78, 5) is 18.9. The lowest BCUT2D eigenvalue weighted by Gasteiger charge is -2.37. The van der Waals surface area contributed by atoms with Crippen LogP contribution in [0.5, 0.6) is 0 Å². The molecule has 0 spiro atoms. The van der Waals surface area contributed by atoms with Gasteiger partial charge in [-0.15, -0.1) is 37.2 Å². The molecule has 35 heavy (non-hydrogen) atoms. The molecule has 11 heteroatoms. The minimum Gasteiger partial charge on any atom is -0.370 e. The van der Waals surface area contributed by atoms with E-state index in [0.29, 0.717) is 24.7 Å². The predicted molar refractivity (Wildman–Crippen MR) is 154 cm³/mol. The van der Waals surface area contributed by atoms with E-state index in [1.165, 1.54) is 57.8 Å². The van der Waals surface area contributed by atoms with Gasteiger partial charge in [0.25, 0.3) is 0 Å². The monoisotopic (exact) mass is 550 g/mol. The highest BCUT2D eigenvalue weighted by atomic mass is 35.5. The smallest absolute Gasteiger partial charge is 0.224 e. The summed E-state index contributed by atoms with van der Waals surface area (Å²) in [7, 11) is 0. The van der Waals surface area contributed by atoms with Crippen molar-refractivity contribution in [1.29, 1.82) is 0 Å². The van der Waals surface area contributed by atoms with Gasteiger partial charge in [0.05, 0.1) is 0 Å². The van der Waals surface area contributed by atoms with Crippen molar-refractivity contribution >= 4 is 54.9 Å². The van der Waals surface area contributed by atoms with Gasteiger partial charge in [0, 0.05) is 50.5 Å². The van der Waals surface area contributed by atoms with Crippen LogP contribution in [0.3, 0.4) is 0 Å². The fourth-order valence-corrected chi connectivity index (χ4v) is 5.85. The molecular weight excluding hydrogens is 507 g/mol. The van der Waals surface area contributed by atoms with Gasteiger partial charge in [0.1, 0.15) is 5.82 Å². The Bertz CT molecular complexity index is 735. The van der Waals surface area contributed by atoms with Crippen molar-refractivity contribution in [1.82, 2.24) is 14.9 Å². The summed E-state index contributed by atoms with van der Waals surface area (Å²) in [6.07, 6.45) is 17.1. The van der Waals surface area contributed by atoms with E-state index in [2.05, 4.69) is 31.2 Å². The van der Waals surface area contributed by atoms with Crippen LogP contribution >= 0.6 is 37.2 Å². The predicted octanol–water partition coefficient (Wildman–Crippen LogP) is 4.36. The van der Waals surface area contributed by atoms with Crippen LogP contribution in [0, 0.1) is 0 Å². The van der Waals surface area contributed by atoms with Gasteiger partial charge in [-0.05, 0) is 51.0 Å². The highest BCUT2D eigenvalue weighted by molar-refractivity contribution is 5.86. The minimum absolute atomic E-state index is 0. The van der Waals surface area contributed by atoms with Crippen LogP contribution in [0.25, 0.3) is 0 Å². The van der Waals surface area contributed by atoms with Gasteiger partial charge in [-0.2, -0.15) is 4.98 Å². The first-order chi connectivity index (χ1) is 15.7. The van der Waals surface area contributed by atoms with Gasteiger partial charge >= 0.3 is 0 Å². The highest BCUT2D eigenvalue weighted by Crippen LogP contribution is 2.32. The molecule has 2 aliphatic heterocycles. The molecule has 202 valence electrons. The quantitative estimate of drug-likeness (QED) is 0.250. The fraction of sp³-hybridized carbons (Fsp3) is 0.792. The molecule has 1 aliphatic carbocycles. The van der Waals surface area contributed by atoms with Gasteiger partial charge in [0.2, 0.25) is 5.95 Å². The summed E-state index contributed by atoms with van der Waals surface area (Å²) in [6, 6.07) is 3.63. The highest BCUT2D eigenvalue weighted by Gasteiger charge is 2.38. The van der Waals surface area contributed by atoms with E-state index in [4.69, 9.17) is 16.5 Å². The zero-order valence-corrected chi connectivity index (χ0v) is 23.3. The molecule has 0 amide bonds. The number of hydrogen-bond acceptors (Lipinski definition) is 6. The summed E-state index contributed by atoms with van der Waals surface area (Å²) >= 11 is 0. The lowest BCUT2D eigenvalue weighted by molar-refractivity contribution is 0.132. The molecule has 8 nitrogen and oxygen atoms in total. The second-order valence-electron chi connectivity index (χ2n) is 9.73. The van der Waals surface area contributed by atoms with Crippen molar-refractivity contribution in [2.45, 2.75) is 95.2 Å². The largest absolute Gasteiger partial charge is 0.370 e. The van der Waals surface area contributed by atoms with E-state index in [1.807, 2.05) is 6.20 Å². The minimum atomic E-state index is 0. The molecule has 3 aliphatic rings. The second-order valence-corrected chi connectivity index (χ2v) is 9.73. The Balaban J connectivity index is 0.00000204. The first-order valence-corrected chi connectivity index (χ1v) is 12.9. The zero-order valence-electron chi connectivity index (χ0n) is 20.8. The number of aliphatic imine (C=N–C) groups is 1. The van der Waals surface area contributed by atoms with E-state index >= 15 is 0 Å². The molecule has 2 unspecified atom stereocenters. The van der Waals surface area contributed by atoms with Crippen molar-refractivity contribution in [2.24, 2.45) is 16.5 Å². The SMILES string of the molecule is Cl.Cl.Cl.NC(N)=NCCCC1C(Nc2nccc(N3CCCCCC3)n2)CCN1C1CCCCC1. The number of halogens is 3. The molecule has 1 aromatic heterocycles. The van der Waals surface area contributed by atoms with Crippen LogP contribution in [0.1, 0.15) is 77.0 Å². The number of nitrogens with one attached hydrogen (secondary N) is 1. The molecule has 4 rings (SSSR count). The maximum Gasteiger partial charge on any atom is 0.224 e. The molecule has 3 fully saturated rings.